The summed E-state index contributed by atoms with van der Waals surface area (Å²) in [5.74, 6) is 0.390. The van der Waals surface area contributed by atoms with E-state index in [1.54, 1.807) is 4.57 Å². The fourth-order valence-electron chi connectivity index (χ4n) is 1.25. The van der Waals surface area contributed by atoms with E-state index in [1.165, 1.54) is 11.3 Å². The summed E-state index contributed by atoms with van der Waals surface area (Å²) in [6.07, 6.45) is 1.86. The van der Waals surface area contributed by atoms with Crippen molar-refractivity contribution in [1.82, 2.24) is 4.57 Å². The van der Waals surface area contributed by atoms with Crippen LogP contribution in [0.25, 0.3) is 0 Å². The van der Waals surface area contributed by atoms with Crippen LogP contribution in [0.15, 0.2) is 40.8 Å². The summed E-state index contributed by atoms with van der Waals surface area (Å²) in [7, 11) is 1.85. The molecule has 0 aliphatic rings. The second kappa shape index (κ2) is 6.14. The number of aromatic nitrogens is 1. The molecule has 0 bridgehead atoms. The molecule has 1 aromatic carbocycles. The second-order valence-electron chi connectivity index (χ2n) is 3.54. The maximum Gasteiger partial charge on any atom is 0.286 e. The van der Waals surface area contributed by atoms with Gasteiger partial charge in [0.1, 0.15) is 5.75 Å². The number of rotatable bonds is 3. The first-order valence-electron chi connectivity index (χ1n) is 5.21. The van der Waals surface area contributed by atoms with Gasteiger partial charge in [0.2, 0.25) is 0 Å². The molecule has 4 nitrogen and oxygen atoms in total. The Labute approximate surface area is 122 Å². The number of nitrogens with zero attached hydrogens (tertiary/aromatic N) is 2. The van der Waals surface area contributed by atoms with Crippen LogP contribution in [0.3, 0.4) is 0 Å². The highest BCUT2D eigenvalue weighted by Crippen LogP contribution is 2.13. The fraction of sp³-hybridized carbons (Fsp3) is 0.167. The zero-order valence-corrected chi connectivity index (χ0v) is 12.6. The molecule has 94 valence electrons. The Balaban J connectivity index is 1.97. The van der Waals surface area contributed by atoms with Crippen molar-refractivity contribution in [2.24, 2.45) is 12.0 Å². The van der Waals surface area contributed by atoms with E-state index in [2.05, 4.69) is 27.6 Å². The predicted molar refractivity (Wildman–Crippen MR) is 78.5 cm³/mol. The molecule has 0 spiro atoms. The number of thiazole rings is 1. The molecular formula is C12H11IN2O2S. The molecule has 0 saturated carbocycles. The summed E-state index contributed by atoms with van der Waals surface area (Å²) in [6.45, 7) is -0.0432. The maximum atomic E-state index is 11.6. The predicted octanol–water partition coefficient (Wildman–Crippen LogP) is 2.20. The van der Waals surface area contributed by atoms with Crippen LogP contribution in [0.5, 0.6) is 5.75 Å². The molecule has 0 atom stereocenters. The third-order valence-electron chi connectivity index (χ3n) is 2.16. The van der Waals surface area contributed by atoms with Crippen LogP contribution in [0, 0.1) is 3.57 Å². The van der Waals surface area contributed by atoms with E-state index in [9.17, 15) is 4.79 Å². The molecule has 0 aliphatic carbocycles. The number of carbonyl (C=O) groups is 1. The number of amides is 1. The van der Waals surface area contributed by atoms with Gasteiger partial charge in [-0.1, -0.05) is 0 Å². The molecule has 0 unspecified atom stereocenters. The molecule has 0 N–H and O–H groups in total. The van der Waals surface area contributed by atoms with Crippen molar-refractivity contribution in [1.29, 1.82) is 0 Å². The molecule has 0 fully saturated rings. The third-order valence-corrected chi connectivity index (χ3v) is 3.72. The average Bonchev–Trinajstić information content (AvgIpc) is 2.74. The highest BCUT2D eigenvalue weighted by molar-refractivity contribution is 14.1. The van der Waals surface area contributed by atoms with Gasteiger partial charge in [-0.25, -0.2) is 0 Å². The number of hydrogen-bond donors (Lipinski definition) is 0. The van der Waals surface area contributed by atoms with Gasteiger partial charge < -0.3 is 9.30 Å². The van der Waals surface area contributed by atoms with Crippen LogP contribution < -0.4 is 9.54 Å². The molecule has 6 heteroatoms. The van der Waals surface area contributed by atoms with E-state index in [0.29, 0.717) is 10.6 Å². The topological polar surface area (TPSA) is 43.6 Å². The van der Waals surface area contributed by atoms with Crippen LogP contribution >= 0.6 is 33.9 Å². The van der Waals surface area contributed by atoms with E-state index in [4.69, 9.17) is 4.74 Å². The minimum atomic E-state index is -0.286. The molecule has 0 saturated heterocycles. The quantitative estimate of drug-likeness (QED) is 0.774. The average molecular weight is 374 g/mol. The smallest absolute Gasteiger partial charge is 0.286 e. The lowest BCUT2D eigenvalue weighted by Crippen LogP contribution is -2.16. The minimum absolute atomic E-state index is 0.0432. The van der Waals surface area contributed by atoms with Gasteiger partial charge in [-0.05, 0) is 46.9 Å². The molecule has 2 rings (SSSR count). The van der Waals surface area contributed by atoms with E-state index >= 15 is 0 Å². The summed E-state index contributed by atoms with van der Waals surface area (Å²) in [4.78, 5) is 16.2. The van der Waals surface area contributed by atoms with Crippen molar-refractivity contribution < 1.29 is 9.53 Å². The normalized spacial score (nSPS) is 11.6. The summed E-state index contributed by atoms with van der Waals surface area (Å²) in [5, 5.41) is 1.88. The molecule has 2 aromatic rings. The first-order chi connectivity index (χ1) is 8.65. The van der Waals surface area contributed by atoms with Crippen molar-refractivity contribution in [3.8, 4) is 5.75 Å². The Kier molecular flexibility index (Phi) is 4.54. The Morgan fingerprint density at radius 2 is 2.17 bits per heavy atom. The zero-order valence-electron chi connectivity index (χ0n) is 9.67. The Bertz CT molecular complexity index is 601. The van der Waals surface area contributed by atoms with Gasteiger partial charge in [0.25, 0.3) is 5.91 Å². The minimum Gasteiger partial charge on any atom is -0.484 e. The highest BCUT2D eigenvalue weighted by Gasteiger charge is 2.01. The first kappa shape index (κ1) is 13.3. The van der Waals surface area contributed by atoms with E-state index in [0.717, 1.165) is 3.57 Å². The maximum absolute atomic E-state index is 11.6. The molecule has 1 amide bonds. The molecular weight excluding hydrogens is 363 g/mol. The Morgan fingerprint density at radius 3 is 2.78 bits per heavy atom. The van der Waals surface area contributed by atoms with Crippen molar-refractivity contribution in [3.05, 3.63) is 44.2 Å². The van der Waals surface area contributed by atoms with E-state index in [1.807, 2.05) is 42.9 Å². The molecule has 1 aromatic heterocycles. The van der Waals surface area contributed by atoms with Gasteiger partial charge >= 0.3 is 0 Å². The first-order valence-corrected chi connectivity index (χ1v) is 7.17. The number of halogens is 1. The number of aryl methyl sites for hydroxylation is 1. The lowest BCUT2D eigenvalue weighted by Gasteiger charge is -2.02. The van der Waals surface area contributed by atoms with Gasteiger partial charge in [0, 0.05) is 22.2 Å². The molecule has 1 heterocycles. The van der Waals surface area contributed by atoms with Gasteiger partial charge in [0.05, 0.1) is 0 Å². The molecule has 0 radical (unpaired) electrons. The SMILES string of the molecule is Cn1ccsc1=NC(=O)COc1ccc(I)cc1. The summed E-state index contributed by atoms with van der Waals surface area (Å²) < 4.78 is 8.29. The summed E-state index contributed by atoms with van der Waals surface area (Å²) >= 11 is 3.63. The molecule has 18 heavy (non-hydrogen) atoms. The lowest BCUT2D eigenvalue weighted by atomic mass is 10.3. The number of ether oxygens (including phenoxy) is 1. The van der Waals surface area contributed by atoms with E-state index < -0.39 is 0 Å². The van der Waals surface area contributed by atoms with Crippen molar-refractivity contribution in [2.75, 3.05) is 6.61 Å². The number of hydrogen-bond acceptors (Lipinski definition) is 3. The van der Waals surface area contributed by atoms with Crippen molar-refractivity contribution in [3.63, 3.8) is 0 Å². The van der Waals surface area contributed by atoms with Crippen LogP contribution in [-0.2, 0) is 11.8 Å². The van der Waals surface area contributed by atoms with Crippen molar-refractivity contribution in [2.45, 2.75) is 0 Å². The van der Waals surface area contributed by atoms with Crippen LogP contribution in [0.2, 0.25) is 0 Å². The standard InChI is InChI=1S/C12H11IN2O2S/c1-15-6-7-18-12(15)14-11(16)8-17-10-4-2-9(13)3-5-10/h2-7H,8H2,1H3. The molecule has 0 aliphatic heterocycles. The lowest BCUT2D eigenvalue weighted by molar-refractivity contribution is -0.120. The third kappa shape index (κ3) is 3.67. The van der Waals surface area contributed by atoms with Gasteiger partial charge in [-0.2, -0.15) is 4.99 Å². The van der Waals surface area contributed by atoms with Gasteiger partial charge in [-0.3, -0.25) is 4.79 Å². The highest BCUT2D eigenvalue weighted by atomic mass is 127. The van der Waals surface area contributed by atoms with Crippen LogP contribution in [0.4, 0.5) is 0 Å². The fourth-order valence-corrected chi connectivity index (χ4v) is 2.36. The van der Waals surface area contributed by atoms with Crippen molar-refractivity contribution >= 4 is 39.8 Å². The summed E-state index contributed by atoms with van der Waals surface area (Å²) in [5.41, 5.74) is 0. The van der Waals surface area contributed by atoms with Gasteiger partial charge in [-0.15, -0.1) is 11.3 Å². The summed E-state index contributed by atoms with van der Waals surface area (Å²) in [6, 6.07) is 7.52. The van der Waals surface area contributed by atoms with E-state index in [-0.39, 0.29) is 12.5 Å². The van der Waals surface area contributed by atoms with Gasteiger partial charge in [0.15, 0.2) is 11.4 Å². The second-order valence-corrected chi connectivity index (χ2v) is 5.66. The monoisotopic (exact) mass is 374 g/mol. The zero-order chi connectivity index (χ0) is 13.0. The number of benzene rings is 1. The Morgan fingerprint density at radius 1 is 1.44 bits per heavy atom. The number of carbonyl (C=O) groups excluding carboxylic acids is 1. The van der Waals surface area contributed by atoms with Crippen LogP contribution in [0.1, 0.15) is 0 Å². The van der Waals surface area contributed by atoms with Crippen LogP contribution in [-0.4, -0.2) is 17.1 Å². The largest absolute Gasteiger partial charge is 0.484 e. The Hall–Kier alpha value is -1.15.